The molecular weight excluding hydrogens is 383 g/mol. The first-order valence-corrected chi connectivity index (χ1v) is 9.32. The summed E-state index contributed by atoms with van der Waals surface area (Å²) < 4.78 is 41.8. The van der Waals surface area contributed by atoms with Gasteiger partial charge in [-0.25, -0.2) is 0 Å². The molecule has 0 aliphatic heterocycles. The number of benzene rings is 1. The Bertz CT molecular complexity index is 1030. The molecule has 1 aliphatic carbocycles. The molecule has 29 heavy (non-hydrogen) atoms. The third-order valence-electron chi connectivity index (χ3n) is 4.89. The second kappa shape index (κ2) is 7.38. The van der Waals surface area contributed by atoms with E-state index in [2.05, 4.69) is 15.5 Å². The Morgan fingerprint density at radius 3 is 2.66 bits per heavy atom. The molecule has 0 saturated heterocycles. The van der Waals surface area contributed by atoms with Crippen LogP contribution >= 0.6 is 0 Å². The Balaban J connectivity index is 1.42. The van der Waals surface area contributed by atoms with Crippen LogP contribution in [0.2, 0.25) is 0 Å². The second-order valence-corrected chi connectivity index (χ2v) is 7.26. The maximum atomic E-state index is 13.0. The summed E-state index contributed by atoms with van der Waals surface area (Å²) in [6.45, 7) is 2.29. The monoisotopic (exact) mass is 403 g/mol. The van der Waals surface area contributed by atoms with Gasteiger partial charge >= 0.3 is 6.18 Å². The highest BCUT2D eigenvalue weighted by atomic mass is 19.4. The summed E-state index contributed by atoms with van der Waals surface area (Å²) in [5.41, 5.74) is 1.74. The van der Waals surface area contributed by atoms with E-state index in [0.29, 0.717) is 18.1 Å². The number of nitrogens with one attached hydrogen (secondary N) is 1. The average Bonchev–Trinajstić information content (AvgIpc) is 3.25. The van der Waals surface area contributed by atoms with Gasteiger partial charge in [0.25, 0.3) is 0 Å². The molecule has 2 heterocycles. The molecule has 1 aliphatic rings. The highest BCUT2D eigenvalue weighted by Gasteiger charge is 2.38. The van der Waals surface area contributed by atoms with Crippen molar-refractivity contribution in [1.29, 1.82) is 0 Å². The lowest BCUT2D eigenvalue weighted by Gasteiger charge is -2.07. The number of carbonyl (C=O) groups excluding carboxylic acids is 1. The van der Waals surface area contributed by atoms with Gasteiger partial charge in [-0.1, -0.05) is 24.3 Å². The predicted molar refractivity (Wildman–Crippen MR) is 100 cm³/mol. The third-order valence-corrected chi connectivity index (χ3v) is 4.89. The Morgan fingerprint density at radius 2 is 1.97 bits per heavy atom. The van der Waals surface area contributed by atoms with E-state index in [9.17, 15) is 18.0 Å². The van der Waals surface area contributed by atoms with Crippen molar-refractivity contribution in [2.24, 2.45) is 0 Å². The number of hydrogen-bond donors (Lipinski definition) is 1. The molecule has 2 aromatic heterocycles. The minimum atomic E-state index is -4.53. The first-order valence-electron chi connectivity index (χ1n) is 9.32. The quantitative estimate of drug-likeness (QED) is 0.677. The van der Waals surface area contributed by atoms with Crippen LogP contribution in [0, 0.1) is 6.92 Å². The number of nitrogens with zero attached hydrogens (tertiary/aromatic N) is 4. The van der Waals surface area contributed by atoms with Crippen molar-refractivity contribution in [1.82, 2.24) is 19.6 Å². The Hall–Kier alpha value is -3.10. The number of hydrogen-bond acceptors (Lipinski definition) is 3. The third kappa shape index (κ3) is 4.49. The fourth-order valence-corrected chi connectivity index (χ4v) is 3.20. The highest BCUT2D eigenvalue weighted by Crippen LogP contribution is 2.42. The van der Waals surface area contributed by atoms with Crippen LogP contribution in [0.4, 0.5) is 19.0 Å². The molecule has 1 amide bonds. The lowest BCUT2D eigenvalue weighted by atomic mass is 10.1. The fourth-order valence-electron chi connectivity index (χ4n) is 3.20. The van der Waals surface area contributed by atoms with Crippen molar-refractivity contribution in [2.45, 2.75) is 44.9 Å². The van der Waals surface area contributed by atoms with Gasteiger partial charge in [-0.15, -0.1) is 0 Å². The van der Waals surface area contributed by atoms with Gasteiger partial charge in [0.2, 0.25) is 5.91 Å². The van der Waals surface area contributed by atoms with E-state index in [1.807, 2.05) is 31.2 Å². The van der Waals surface area contributed by atoms with Crippen LogP contribution in [0.25, 0.3) is 0 Å². The number of halogens is 3. The molecule has 9 heteroatoms. The summed E-state index contributed by atoms with van der Waals surface area (Å²) in [5.74, 6) is -0.0793. The summed E-state index contributed by atoms with van der Waals surface area (Å²) in [4.78, 5) is 12.4. The van der Waals surface area contributed by atoms with Crippen molar-refractivity contribution in [3.8, 4) is 0 Å². The first-order chi connectivity index (χ1) is 13.8. The topological polar surface area (TPSA) is 64.7 Å². The van der Waals surface area contributed by atoms with Crippen LogP contribution in [-0.2, 0) is 24.1 Å². The van der Waals surface area contributed by atoms with Gasteiger partial charge in [-0.05, 0) is 37.0 Å². The van der Waals surface area contributed by atoms with Crippen molar-refractivity contribution in [2.75, 3.05) is 5.32 Å². The molecule has 0 unspecified atom stereocenters. The first kappa shape index (κ1) is 19.2. The Morgan fingerprint density at radius 1 is 1.21 bits per heavy atom. The fraction of sp³-hybridized carbons (Fsp3) is 0.350. The van der Waals surface area contributed by atoms with E-state index in [4.69, 9.17) is 0 Å². The van der Waals surface area contributed by atoms with Gasteiger partial charge in [-0.2, -0.15) is 23.4 Å². The van der Waals surface area contributed by atoms with Crippen molar-refractivity contribution in [3.63, 3.8) is 0 Å². The molecule has 3 aromatic rings. The molecule has 0 bridgehead atoms. The number of amides is 1. The Kier molecular flexibility index (Phi) is 4.89. The van der Waals surface area contributed by atoms with Crippen molar-refractivity contribution in [3.05, 3.63) is 65.1 Å². The van der Waals surface area contributed by atoms with Crippen LogP contribution < -0.4 is 5.32 Å². The number of anilines is 1. The molecule has 1 aromatic carbocycles. The summed E-state index contributed by atoms with van der Waals surface area (Å²) in [7, 11) is 0. The van der Waals surface area contributed by atoms with Crippen LogP contribution in [0.1, 0.15) is 41.3 Å². The second-order valence-electron chi connectivity index (χ2n) is 7.26. The number of carbonyl (C=O) groups is 1. The summed E-state index contributed by atoms with van der Waals surface area (Å²) in [6, 6.07) is 10.6. The smallest absolute Gasteiger partial charge is 0.308 e. The molecule has 152 valence electrons. The molecular formula is C20H20F3N5O. The van der Waals surface area contributed by atoms with Crippen LogP contribution in [-0.4, -0.2) is 25.5 Å². The standard InChI is InChI=1S/C20H20F3N5O/c1-13-4-2-3-5-15(13)11-27-9-8-18(26-27)24-19(29)12-28-16(14-6-7-14)10-17(25-28)20(21,22)23/h2-5,8-10,14H,6-7,11-12H2,1H3,(H,24,26,29). The van der Waals surface area contributed by atoms with Gasteiger partial charge < -0.3 is 5.32 Å². The van der Waals surface area contributed by atoms with Crippen molar-refractivity contribution < 1.29 is 18.0 Å². The minimum absolute atomic E-state index is 0.0414. The minimum Gasteiger partial charge on any atom is -0.308 e. The zero-order valence-corrected chi connectivity index (χ0v) is 15.8. The van der Waals surface area contributed by atoms with E-state index in [-0.39, 0.29) is 12.5 Å². The zero-order valence-electron chi connectivity index (χ0n) is 15.8. The molecule has 0 radical (unpaired) electrons. The van der Waals surface area contributed by atoms with E-state index in [1.54, 1.807) is 16.9 Å². The number of alkyl halides is 3. The molecule has 1 saturated carbocycles. The lowest BCUT2D eigenvalue weighted by molar-refractivity contribution is -0.141. The van der Waals surface area contributed by atoms with E-state index >= 15 is 0 Å². The molecule has 1 N–H and O–H groups in total. The SMILES string of the molecule is Cc1ccccc1Cn1ccc(NC(=O)Cn2nc(C(F)(F)F)cc2C2CC2)n1. The Labute approximate surface area is 165 Å². The molecule has 6 nitrogen and oxygen atoms in total. The van der Waals surface area contributed by atoms with Gasteiger partial charge in [0.1, 0.15) is 6.54 Å². The van der Waals surface area contributed by atoms with Crippen LogP contribution in [0.5, 0.6) is 0 Å². The zero-order chi connectivity index (χ0) is 20.6. The number of aryl methyl sites for hydroxylation is 1. The van der Waals surface area contributed by atoms with Crippen LogP contribution in [0.3, 0.4) is 0 Å². The van der Waals surface area contributed by atoms with E-state index in [1.165, 1.54) is 0 Å². The lowest BCUT2D eigenvalue weighted by Crippen LogP contribution is -2.21. The summed E-state index contributed by atoms with van der Waals surface area (Å²) in [6.07, 6.45) is -1.16. The van der Waals surface area contributed by atoms with E-state index in [0.717, 1.165) is 34.7 Å². The molecule has 0 atom stereocenters. The van der Waals surface area contributed by atoms with Crippen LogP contribution in [0.15, 0.2) is 42.6 Å². The molecule has 0 spiro atoms. The van der Waals surface area contributed by atoms with Gasteiger partial charge in [-0.3, -0.25) is 14.2 Å². The normalized spacial score (nSPS) is 14.2. The maximum absolute atomic E-state index is 13.0. The highest BCUT2D eigenvalue weighted by molar-refractivity contribution is 5.89. The molecule has 4 rings (SSSR count). The number of rotatable bonds is 6. The predicted octanol–water partition coefficient (Wildman–Crippen LogP) is 3.97. The number of aromatic nitrogens is 4. The van der Waals surface area contributed by atoms with E-state index < -0.39 is 17.8 Å². The molecule has 1 fully saturated rings. The van der Waals surface area contributed by atoms with Gasteiger partial charge in [0.05, 0.1) is 6.54 Å². The summed E-state index contributed by atoms with van der Waals surface area (Å²) in [5, 5.41) is 10.6. The van der Waals surface area contributed by atoms with Gasteiger partial charge in [0.15, 0.2) is 11.5 Å². The van der Waals surface area contributed by atoms with Gasteiger partial charge in [0, 0.05) is 23.9 Å². The van der Waals surface area contributed by atoms with Crippen molar-refractivity contribution >= 4 is 11.7 Å². The summed E-state index contributed by atoms with van der Waals surface area (Å²) >= 11 is 0. The maximum Gasteiger partial charge on any atom is 0.435 e. The largest absolute Gasteiger partial charge is 0.435 e. The average molecular weight is 403 g/mol.